The number of halogens is 1. The average Bonchev–Trinajstić information content (AvgIpc) is 2.93. The van der Waals surface area contributed by atoms with Gasteiger partial charge in [0.1, 0.15) is 0 Å². The standard InChI is InChI=1S/C24H16N2.C4H11NO3.ClH.Ru/c1-3-7-17(8-4-1)19-13-15-25-23-21(19)11-12-22-20(14-16-26-24(22)23)18-9-5-2-6-10-18;5-4(1-6,2-7)3-8;;/h1-16H;6-8H,1-3,5H2;1H;. The molecule has 2 aromatic heterocycles. The van der Waals surface area contributed by atoms with Crippen LogP contribution in [-0.2, 0) is 19.5 Å². The molecule has 8 heteroatoms. The molecule has 36 heavy (non-hydrogen) atoms. The SMILES string of the molecule is Cl.NC(CO)(CO)CO.[Ru].c1ccc(-c2ccnc3c2ccc2c(-c4ccccc4)ccnc23)cc1. The first kappa shape index (κ1) is 29.5. The van der Waals surface area contributed by atoms with E-state index in [4.69, 9.17) is 21.1 Å². The number of nitrogens with two attached hydrogens (primary N) is 1. The molecule has 5 aromatic rings. The van der Waals surface area contributed by atoms with Gasteiger partial charge in [-0.15, -0.1) is 12.4 Å². The summed E-state index contributed by atoms with van der Waals surface area (Å²) >= 11 is 0. The van der Waals surface area contributed by atoms with Crippen LogP contribution in [0.5, 0.6) is 0 Å². The van der Waals surface area contributed by atoms with Crippen molar-refractivity contribution in [1.82, 2.24) is 9.97 Å². The molecule has 188 valence electrons. The first-order chi connectivity index (χ1) is 16.6. The van der Waals surface area contributed by atoms with Crippen LogP contribution >= 0.6 is 12.4 Å². The normalized spacial score (nSPS) is 10.7. The minimum Gasteiger partial charge on any atom is -0.394 e. The fraction of sp³-hybridized carbons (Fsp3) is 0.143. The summed E-state index contributed by atoms with van der Waals surface area (Å²) in [7, 11) is 0. The molecule has 3 aromatic carbocycles. The van der Waals surface area contributed by atoms with Gasteiger partial charge in [-0.2, -0.15) is 0 Å². The van der Waals surface area contributed by atoms with Crippen molar-refractivity contribution in [2.45, 2.75) is 5.54 Å². The number of aromatic nitrogens is 2. The van der Waals surface area contributed by atoms with E-state index in [2.05, 4.69) is 82.8 Å². The van der Waals surface area contributed by atoms with Gasteiger partial charge in [-0.05, 0) is 34.4 Å². The van der Waals surface area contributed by atoms with Gasteiger partial charge in [0, 0.05) is 42.6 Å². The number of fused-ring (bicyclic) bond motifs is 3. The molecular formula is C28H28ClN3O3Ru. The third kappa shape index (κ3) is 6.32. The Labute approximate surface area is 229 Å². The van der Waals surface area contributed by atoms with Gasteiger partial charge >= 0.3 is 0 Å². The van der Waals surface area contributed by atoms with Gasteiger partial charge in [0.25, 0.3) is 0 Å². The molecule has 0 amide bonds. The van der Waals surface area contributed by atoms with Gasteiger partial charge < -0.3 is 21.1 Å². The van der Waals surface area contributed by atoms with Crippen molar-refractivity contribution < 1.29 is 34.8 Å². The maximum absolute atomic E-state index is 8.34. The number of nitrogens with zero attached hydrogens (tertiary/aromatic N) is 2. The van der Waals surface area contributed by atoms with Crippen LogP contribution in [0.25, 0.3) is 44.1 Å². The van der Waals surface area contributed by atoms with Gasteiger partial charge in [-0.1, -0.05) is 72.8 Å². The summed E-state index contributed by atoms with van der Waals surface area (Å²) in [4.78, 5) is 9.34. The Morgan fingerprint density at radius 3 is 1.25 bits per heavy atom. The number of aliphatic hydroxyl groups excluding tert-OH is 3. The van der Waals surface area contributed by atoms with E-state index in [1.54, 1.807) is 0 Å². The molecule has 0 aliphatic heterocycles. The van der Waals surface area contributed by atoms with E-state index in [0.717, 1.165) is 21.8 Å². The topological polar surface area (TPSA) is 112 Å². The van der Waals surface area contributed by atoms with E-state index in [9.17, 15) is 0 Å². The second kappa shape index (κ2) is 13.5. The van der Waals surface area contributed by atoms with Gasteiger partial charge in [0.2, 0.25) is 0 Å². The van der Waals surface area contributed by atoms with Gasteiger partial charge in [0.15, 0.2) is 0 Å². The summed E-state index contributed by atoms with van der Waals surface area (Å²) < 4.78 is 0. The number of benzene rings is 3. The Balaban J connectivity index is 0.000000401. The second-order valence-corrected chi connectivity index (χ2v) is 8.14. The summed E-state index contributed by atoms with van der Waals surface area (Å²) in [6.45, 7) is -1.21. The van der Waals surface area contributed by atoms with Gasteiger partial charge in [-0.3, -0.25) is 9.97 Å². The Bertz CT molecular complexity index is 1280. The van der Waals surface area contributed by atoms with E-state index >= 15 is 0 Å². The number of hydrogen-bond donors (Lipinski definition) is 4. The Morgan fingerprint density at radius 2 is 0.944 bits per heavy atom. The largest absolute Gasteiger partial charge is 0.394 e. The molecule has 0 radical (unpaired) electrons. The van der Waals surface area contributed by atoms with Crippen LogP contribution < -0.4 is 5.73 Å². The molecule has 5 rings (SSSR count). The molecular weight excluding hydrogens is 563 g/mol. The predicted octanol–water partition coefficient (Wildman–Crippen LogP) is 4.20. The summed E-state index contributed by atoms with van der Waals surface area (Å²) in [6, 6.07) is 29.3. The maximum atomic E-state index is 8.34. The smallest absolute Gasteiger partial charge is 0.0970 e. The first-order valence-electron chi connectivity index (χ1n) is 11.0. The zero-order valence-corrected chi connectivity index (χ0v) is 22.0. The summed E-state index contributed by atoms with van der Waals surface area (Å²) in [5, 5.41) is 27.3. The Hall–Kier alpha value is -2.77. The van der Waals surface area contributed by atoms with E-state index in [0.29, 0.717) is 0 Å². The Morgan fingerprint density at radius 1 is 0.583 bits per heavy atom. The third-order valence-electron chi connectivity index (χ3n) is 5.74. The molecule has 0 saturated heterocycles. The fourth-order valence-electron chi connectivity index (χ4n) is 3.72. The van der Waals surface area contributed by atoms with Crippen LogP contribution in [-0.4, -0.2) is 50.6 Å². The number of rotatable bonds is 5. The fourth-order valence-corrected chi connectivity index (χ4v) is 3.72. The Kier molecular flexibility index (Phi) is 11.1. The minimum absolute atomic E-state index is 0. The molecule has 6 nitrogen and oxygen atoms in total. The van der Waals surface area contributed by atoms with Gasteiger partial charge in [-0.25, -0.2) is 0 Å². The molecule has 0 aliphatic carbocycles. The monoisotopic (exact) mass is 591 g/mol. The third-order valence-corrected chi connectivity index (χ3v) is 5.74. The van der Waals surface area contributed by atoms with Crippen LogP contribution in [0.4, 0.5) is 0 Å². The quantitative estimate of drug-likeness (QED) is 0.180. The summed E-state index contributed by atoms with van der Waals surface area (Å²) in [5.41, 5.74) is 10.6. The van der Waals surface area contributed by atoms with Crippen molar-refractivity contribution in [3.63, 3.8) is 0 Å². The molecule has 0 atom stereocenters. The first-order valence-corrected chi connectivity index (χ1v) is 11.0. The van der Waals surface area contributed by atoms with Crippen LogP contribution in [0.1, 0.15) is 0 Å². The molecule has 5 N–H and O–H groups in total. The zero-order chi connectivity index (χ0) is 24.0. The molecule has 0 unspecified atom stereocenters. The summed E-state index contributed by atoms with van der Waals surface area (Å²) in [6.07, 6.45) is 3.75. The molecule has 0 spiro atoms. The average molecular weight is 591 g/mol. The number of hydrogen-bond acceptors (Lipinski definition) is 6. The molecule has 0 bridgehead atoms. The van der Waals surface area contributed by atoms with E-state index in [-0.39, 0.29) is 31.9 Å². The minimum atomic E-state index is -1.21. The van der Waals surface area contributed by atoms with E-state index in [1.807, 2.05) is 24.5 Å². The van der Waals surface area contributed by atoms with Crippen molar-refractivity contribution in [1.29, 1.82) is 0 Å². The maximum Gasteiger partial charge on any atom is 0.0970 e. The van der Waals surface area contributed by atoms with Crippen molar-refractivity contribution in [2.75, 3.05) is 19.8 Å². The summed E-state index contributed by atoms with van der Waals surface area (Å²) in [5.74, 6) is 0. The van der Waals surface area contributed by atoms with Crippen LogP contribution in [0.15, 0.2) is 97.3 Å². The van der Waals surface area contributed by atoms with Crippen LogP contribution in [0, 0.1) is 0 Å². The second-order valence-electron chi connectivity index (χ2n) is 8.14. The van der Waals surface area contributed by atoms with Crippen molar-refractivity contribution in [2.24, 2.45) is 5.73 Å². The van der Waals surface area contributed by atoms with Crippen LogP contribution in [0.2, 0.25) is 0 Å². The van der Waals surface area contributed by atoms with Crippen molar-refractivity contribution in [3.8, 4) is 22.3 Å². The van der Waals surface area contributed by atoms with E-state index < -0.39 is 25.4 Å². The number of pyridine rings is 2. The van der Waals surface area contributed by atoms with Crippen molar-refractivity contribution in [3.05, 3.63) is 97.3 Å². The van der Waals surface area contributed by atoms with E-state index in [1.165, 1.54) is 22.3 Å². The van der Waals surface area contributed by atoms with Crippen LogP contribution in [0.3, 0.4) is 0 Å². The molecule has 2 heterocycles. The van der Waals surface area contributed by atoms with Crippen molar-refractivity contribution >= 4 is 34.2 Å². The molecule has 0 saturated carbocycles. The number of aliphatic hydroxyl groups is 3. The predicted molar refractivity (Wildman–Crippen MR) is 143 cm³/mol. The molecule has 0 fully saturated rings. The zero-order valence-electron chi connectivity index (χ0n) is 19.4. The molecule has 0 aliphatic rings. The van der Waals surface area contributed by atoms with Gasteiger partial charge in [0.05, 0.1) is 36.4 Å².